The predicted octanol–water partition coefficient (Wildman–Crippen LogP) is 2.83. The Bertz CT molecular complexity index is 706. The number of piperidine rings is 1. The van der Waals surface area contributed by atoms with Crippen LogP contribution in [0.15, 0.2) is 54.6 Å². The molecule has 26 heavy (non-hydrogen) atoms. The van der Waals surface area contributed by atoms with Crippen molar-refractivity contribution in [3.8, 4) is 0 Å². The van der Waals surface area contributed by atoms with Gasteiger partial charge in [0, 0.05) is 37.8 Å². The highest BCUT2D eigenvalue weighted by molar-refractivity contribution is 5.94. The van der Waals surface area contributed by atoms with E-state index in [9.17, 15) is 14.3 Å². The summed E-state index contributed by atoms with van der Waals surface area (Å²) in [5.74, 6) is -0.255. The van der Waals surface area contributed by atoms with E-state index in [-0.39, 0.29) is 30.3 Å². The van der Waals surface area contributed by atoms with E-state index in [1.165, 1.54) is 29.8 Å². The molecule has 2 N–H and O–H groups in total. The second kappa shape index (κ2) is 8.92. The molecule has 2 aromatic carbocycles. The summed E-state index contributed by atoms with van der Waals surface area (Å²) in [4.78, 5) is 14.6. The summed E-state index contributed by atoms with van der Waals surface area (Å²) in [6.07, 6.45) is 1.89. The Morgan fingerprint density at radius 3 is 2.54 bits per heavy atom. The van der Waals surface area contributed by atoms with Gasteiger partial charge in [-0.3, -0.25) is 9.69 Å². The summed E-state index contributed by atoms with van der Waals surface area (Å²) in [7, 11) is 0. The highest BCUT2D eigenvalue weighted by Crippen LogP contribution is 2.23. The number of benzene rings is 2. The highest BCUT2D eigenvalue weighted by Gasteiger charge is 2.28. The largest absolute Gasteiger partial charge is 0.396 e. The molecule has 1 aliphatic heterocycles. The van der Waals surface area contributed by atoms with Crippen LogP contribution >= 0.6 is 0 Å². The molecular weight excluding hydrogens is 331 g/mol. The lowest BCUT2D eigenvalue weighted by Gasteiger charge is -2.39. The van der Waals surface area contributed by atoms with Crippen molar-refractivity contribution in [2.24, 2.45) is 5.92 Å². The van der Waals surface area contributed by atoms with E-state index in [0.29, 0.717) is 12.1 Å². The van der Waals surface area contributed by atoms with Crippen LogP contribution in [-0.2, 0) is 6.54 Å². The first kappa shape index (κ1) is 18.5. The van der Waals surface area contributed by atoms with Crippen molar-refractivity contribution in [2.45, 2.75) is 25.4 Å². The van der Waals surface area contributed by atoms with Crippen molar-refractivity contribution in [3.05, 3.63) is 71.5 Å². The third kappa shape index (κ3) is 4.90. The van der Waals surface area contributed by atoms with Crippen LogP contribution in [0.5, 0.6) is 0 Å². The van der Waals surface area contributed by atoms with Crippen molar-refractivity contribution in [3.63, 3.8) is 0 Å². The number of hydrogen-bond donors (Lipinski definition) is 2. The van der Waals surface area contributed by atoms with E-state index in [1.807, 2.05) is 18.2 Å². The van der Waals surface area contributed by atoms with Gasteiger partial charge in [-0.05, 0) is 48.6 Å². The maximum absolute atomic E-state index is 13.0. The van der Waals surface area contributed by atoms with Gasteiger partial charge < -0.3 is 10.4 Å². The fraction of sp³-hybridized carbons (Fsp3) is 0.381. The molecule has 2 aromatic rings. The van der Waals surface area contributed by atoms with Crippen LogP contribution in [0.4, 0.5) is 4.39 Å². The van der Waals surface area contributed by atoms with Gasteiger partial charge in [0.25, 0.3) is 5.91 Å². The first-order chi connectivity index (χ1) is 12.7. The molecule has 138 valence electrons. The Morgan fingerprint density at radius 2 is 1.85 bits per heavy atom. The molecule has 0 unspecified atom stereocenters. The number of nitrogens with zero attached hydrogens (tertiary/aromatic N) is 1. The number of halogens is 1. The molecule has 0 aromatic heterocycles. The third-order valence-electron chi connectivity index (χ3n) is 5.01. The van der Waals surface area contributed by atoms with Crippen molar-refractivity contribution in [1.29, 1.82) is 0 Å². The van der Waals surface area contributed by atoms with E-state index in [2.05, 4.69) is 22.3 Å². The Morgan fingerprint density at radius 1 is 1.12 bits per heavy atom. The molecule has 4 nitrogen and oxygen atoms in total. The monoisotopic (exact) mass is 356 g/mol. The zero-order chi connectivity index (χ0) is 18.4. The van der Waals surface area contributed by atoms with Crippen LogP contribution in [0.1, 0.15) is 28.8 Å². The second-order valence-electron chi connectivity index (χ2n) is 6.91. The predicted molar refractivity (Wildman–Crippen MR) is 99.2 cm³/mol. The SMILES string of the molecule is O=C(NC[C@@H]1CC[C@@H](CO)CN1Cc1ccccc1)c1ccc(F)cc1. The van der Waals surface area contributed by atoms with Crippen molar-refractivity contribution in [2.75, 3.05) is 19.7 Å². The Labute approximate surface area is 153 Å². The molecule has 1 amide bonds. The summed E-state index contributed by atoms with van der Waals surface area (Å²) >= 11 is 0. The maximum atomic E-state index is 13.0. The van der Waals surface area contributed by atoms with Crippen molar-refractivity contribution >= 4 is 5.91 Å². The molecule has 0 bridgehead atoms. The molecular formula is C21H25FN2O2. The van der Waals surface area contributed by atoms with Crippen LogP contribution in [0.25, 0.3) is 0 Å². The number of aliphatic hydroxyl groups excluding tert-OH is 1. The standard InChI is InChI=1S/C21H25FN2O2/c22-19-9-7-18(8-10-19)21(26)23-12-20-11-6-17(15-25)14-24(20)13-16-4-2-1-3-5-16/h1-5,7-10,17,20,25H,6,11-15H2,(H,23,26)/t17-,20+/m1/s1. The zero-order valence-corrected chi connectivity index (χ0v) is 14.8. The van der Waals surface area contributed by atoms with E-state index >= 15 is 0 Å². The minimum absolute atomic E-state index is 0.186. The Kier molecular flexibility index (Phi) is 6.36. The summed E-state index contributed by atoms with van der Waals surface area (Å²) in [5.41, 5.74) is 1.69. The summed E-state index contributed by atoms with van der Waals surface area (Å²) in [5, 5.41) is 12.5. The molecule has 1 saturated heterocycles. The minimum Gasteiger partial charge on any atom is -0.396 e. The first-order valence-electron chi connectivity index (χ1n) is 9.08. The van der Waals surface area contributed by atoms with E-state index < -0.39 is 0 Å². The average Bonchev–Trinajstić information content (AvgIpc) is 2.68. The lowest BCUT2D eigenvalue weighted by molar-refractivity contribution is 0.0655. The highest BCUT2D eigenvalue weighted by atomic mass is 19.1. The molecule has 3 rings (SSSR count). The van der Waals surface area contributed by atoms with Gasteiger partial charge in [-0.15, -0.1) is 0 Å². The van der Waals surface area contributed by atoms with Crippen LogP contribution in [0.2, 0.25) is 0 Å². The molecule has 0 aliphatic carbocycles. The Hall–Kier alpha value is -2.24. The van der Waals surface area contributed by atoms with Gasteiger partial charge >= 0.3 is 0 Å². The van der Waals surface area contributed by atoms with Gasteiger partial charge in [0.1, 0.15) is 5.82 Å². The van der Waals surface area contributed by atoms with Crippen molar-refractivity contribution < 1.29 is 14.3 Å². The van der Waals surface area contributed by atoms with Gasteiger partial charge in [-0.1, -0.05) is 30.3 Å². The lowest BCUT2D eigenvalue weighted by atomic mass is 9.92. The normalized spacial score (nSPS) is 20.7. The van der Waals surface area contributed by atoms with Gasteiger partial charge in [0.2, 0.25) is 0 Å². The zero-order valence-electron chi connectivity index (χ0n) is 14.8. The fourth-order valence-electron chi connectivity index (χ4n) is 3.49. The van der Waals surface area contributed by atoms with Gasteiger partial charge in [-0.2, -0.15) is 0 Å². The minimum atomic E-state index is -0.349. The van der Waals surface area contributed by atoms with Crippen molar-refractivity contribution in [1.82, 2.24) is 10.2 Å². The molecule has 0 saturated carbocycles. The third-order valence-corrected chi connectivity index (χ3v) is 5.01. The fourth-order valence-corrected chi connectivity index (χ4v) is 3.49. The number of hydrogen-bond acceptors (Lipinski definition) is 3. The number of nitrogens with one attached hydrogen (secondary N) is 1. The molecule has 0 spiro atoms. The second-order valence-corrected chi connectivity index (χ2v) is 6.91. The van der Waals surface area contributed by atoms with Crippen LogP contribution < -0.4 is 5.32 Å². The summed E-state index contributed by atoms with van der Waals surface area (Å²) in [6, 6.07) is 16.0. The number of carbonyl (C=O) groups excluding carboxylic acids is 1. The lowest BCUT2D eigenvalue weighted by Crippen LogP contribution is -2.49. The smallest absolute Gasteiger partial charge is 0.251 e. The number of rotatable bonds is 6. The number of amides is 1. The first-order valence-corrected chi connectivity index (χ1v) is 9.08. The van der Waals surface area contributed by atoms with Gasteiger partial charge in [0.05, 0.1) is 0 Å². The van der Waals surface area contributed by atoms with E-state index in [4.69, 9.17) is 0 Å². The average molecular weight is 356 g/mol. The van der Waals surface area contributed by atoms with Crippen LogP contribution in [-0.4, -0.2) is 41.7 Å². The Balaban J connectivity index is 1.62. The molecule has 5 heteroatoms. The van der Waals surface area contributed by atoms with Crippen LogP contribution in [0, 0.1) is 11.7 Å². The summed E-state index contributed by atoms with van der Waals surface area (Å²) in [6.45, 7) is 2.36. The maximum Gasteiger partial charge on any atom is 0.251 e. The van der Waals surface area contributed by atoms with E-state index in [0.717, 1.165) is 25.9 Å². The number of likely N-dealkylation sites (tertiary alicyclic amines) is 1. The van der Waals surface area contributed by atoms with Crippen LogP contribution in [0.3, 0.4) is 0 Å². The van der Waals surface area contributed by atoms with E-state index in [1.54, 1.807) is 0 Å². The quantitative estimate of drug-likeness (QED) is 0.837. The molecule has 0 radical (unpaired) electrons. The van der Waals surface area contributed by atoms with Gasteiger partial charge in [-0.25, -0.2) is 4.39 Å². The molecule has 1 heterocycles. The molecule has 1 fully saturated rings. The summed E-state index contributed by atoms with van der Waals surface area (Å²) < 4.78 is 13.0. The number of carbonyl (C=O) groups is 1. The topological polar surface area (TPSA) is 52.6 Å². The molecule has 2 atom stereocenters. The number of aliphatic hydroxyl groups is 1. The van der Waals surface area contributed by atoms with Gasteiger partial charge in [0.15, 0.2) is 0 Å². The molecule has 1 aliphatic rings.